The van der Waals surface area contributed by atoms with Crippen LogP contribution in [0.15, 0.2) is 58.1 Å². The van der Waals surface area contributed by atoms with Crippen LogP contribution in [0.5, 0.6) is 0 Å². The number of benzene rings is 2. The lowest BCUT2D eigenvalue weighted by Gasteiger charge is -2.27. The average molecular weight is 489 g/mol. The predicted octanol–water partition coefficient (Wildman–Crippen LogP) is 6.49. The molecule has 4 rings (SSSR count). The van der Waals surface area contributed by atoms with Crippen molar-refractivity contribution in [3.05, 3.63) is 63.6 Å². The van der Waals surface area contributed by atoms with E-state index in [0.29, 0.717) is 10.7 Å². The normalized spacial score (nSPS) is 22.5. The standard InChI is InChI=1S/C24H27BrClN3O/c1-16-22(24(30)27-19-8-4-2-3-5-9-19)28-29(21-11-7-6-10-20(21)26)23(16)17-12-14-18(25)15-13-17/h6-7,10-16,19,23H,2-5,8-9H2,1H3,(H,27,30)/t16-,23+/m0/s1. The summed E-state index contributed by atoms with van der Waals surface area (Å²) >= 11 is 10.0. The summed E-state index contributed by atoms with van der Waals surface area (Å²) < 4.78 is 1.02. The lowest BCUT2D eigenvalue weighted by atomic mass is 9.90. The molecule has 0 spiro atoms. The zero-order valence-corrected chi connectivity index (χ0v) is 19.5. The molecule has 1 aliphatic heterocycles. The monoisotopic (exact) mass is 487 g/mol. The number of nitrogens with one attached hydrogen (secondary N) is 1. The van der Waals surface area contributed by atoms with Crippen molar-refractivity contribution < 1.29 is 4.79 Å². The van der Waals surface area contributed by atoms with Crippen LogP contribution in [0.4, 0.5) is 5.69 Å². The van der Waals surface area contributed by atoms with E-state index < -0.39 is 0 Å². The number of nitrogens with zero attached hydrogens (tertiary/aromatic N) is 2. The summed E-state index contributed by atoms with van der Waals surface area (Å²) in [5.74, 6) is -0.112. The molecule has 0 bridgehead atoms. The maximum atomic E-state index is 13.2. The van der Waals surface area contributed by atoms with Crippen molar-refractivity contribution in [3.8, 4) is 0 Å². The molecule has 0 unspecified atom stereocenters. The van der Waals surface area contributed by atoms with Gasteiger partial charge in [0.2, 0.25) is 0 Å². The largest absolute Gasteiger partial charge is 0.348 e. The minimum atomic E-state index is -0.0899. The van der Waals surface area contributed by atoms with Gasteiger partial charge >= 0.3 is 0 Å². The van der Waals surface area contributed by atoms with Gasteiger partial charge in [-0.05, 0) is 42.7 Å². The van der Waals surface area contributed by atoms with E-state index in [9.17, 15) is 4.79 Å². The van der Waals surface area contributed by atoms with Gasteiger partial charge in [-0.15, -0.1) is 0 Å². The smallest absolute Gasteiger partial charge is 0.268 e. The van der Waals surface area contributed by atoms with Crippen molar-refractivity contribution in [3.63, 3.8) is 0 Å². The Hall–Kier alpha value is -1.85. The van der Waals surface area contributed by atoms with E-state index in [-0.39, 0.29) is 23.9 Å². The van der Waals surface area contributed by atoms with Crippen LogP contribution in [-0.2, 0) is 4.79 Å². The second-order valence-corrected chi connectivity index (χ2v) is 9.55. The Bertz CT molecular complexity index is 922. The highest BCUT2D eigenvalue weighted by molar-refractivity contribution is 9.10. The first-order valence-corrected chi connectivity index (χ1v) is 11.9. The Labute approximate surface area is 191 Å². The summed E-state index contributed by atoms with van der Waals surface area (Å²) in [7, 11) is 0. The van der Waals surface area contributed by atoms with Crippen LogP contribution in [0.1, 0.15) is 57.1 Å². The summed E-state index contributed by atoms with van der Waals surface area (Å²) in [6.07, 6.45) is 6.99. The Morgan fingerprint density at radius 2 is 1.73 bits per heavy atom. The molecule has 1 heterocycles. The minimum absolute atomic E-state index is 0.0499. The Kier molecular flexibility index (Phi) is 6.79. The maximum absolute atomic E-state index is 13.2. The van der Waals surface area contributed by atoms with Gasteiger partial charge in [-0.1, -0.05) is 84.4 Å². The van der Waals surface area contributed by atoms with Gasteiger partial charge in [-0.3, -0.25) is 9.80 Å². The second-order valence-electron chi connectivity index (χ2n) is 8.23. The van der Waals surface area contributed by atoms with Gasteiger partial charge in [-0.25, -0.2) is 0 Å². The molecule has 1 N–H and O–H groups in total. The van der Waals surface area contributed by atoms with Gasteiger partial charge in [0.05, 0.1) is 16.8 Å². The van der Waals surface area contributed by atoms with E-state index in [1.807, 2.05) is 41.4 Å². The number of carbonyl (C=O) groups excluding carboxylic acids is 1. The van der Waals surface area contributed by atoms with Crippen LogP contribution < -0.4 is 10.3 Å². The first-order valence-electron chi connectivity index (χ1n) is 10.7. The number of carbonyl (C=O) groups is 1. The maximum Gasteiger partial charge on any atom is 0.268 e. The molecular weight excluding hydrogens is 462 g/mol. The zero-order valence-electron chi connectivity index (χ0n) is 17.2. The predicted molar refractivity (Wildman–Crippen MR) is 127 cm³/mol. The first kappa shape index (κ1) is 21.4. The highest BCUT2D eigenvalue weighted by Crippen LogP contribution is 2.41. The molecule has 2 aromatic rings. The zero-order chi connectivity index (χ0) is 21.1. The molecule has 1 amide bonds. The van der Waals surface area contributed by atoms with Crippen molar-refractivity contribution in [2.24, 2.45) is 11.0 Å². The van der Waals surface area contributed by atoms with Gasteiger partial charge < -0.3 is 5.32 Å². The quantitative estimate of drug-likeness (QED) is 0.500. The van der Waals surface area contributed by atoms with E-state index in [1.54, 1.807) is 0 Å². The molecule has 4 nitrogen and oxygen atoms in total. The fraction of sp³-hybridized carbons (Fsp3) is 0.417. The summed E-state index contributed by atoms with van der Waals surface area (Å²) in [5, 5.41) is 10.6. The topological polar surface area (TPSA) is 44.7 Å². The summed E-state index contributed by atoms with van der Waals surface area (Å²) in [6.45, 7) is 2.08. The molecular formula is C24H27BrClN3O. The number of hydrogen-bond acceptors (Lipinski definition) is 3. The lowest BCUT2D eigenvalue weighted by Crippen LogP contribution is -2.40. The van der Waals surface area contributed by atoms with Crippen molar-refractivity contribution in [1.82, 2.24) is 5.32 Å². The number of hydrogen-bond donors (Lipinski definition) is 1. The lowest BCUT2D eigenvalue weighted by molar-refractivity contribution is -0.115. The highest BCUT2D eigenvalue weighted by Gasteiger charge is 2.40. The van der Waals surface area contributed by atoms with Crippen LogP contribution in [0, 0.1) is 5.92 Å². The third-order valence-corrected chi connectivity index (χ3v) is 6.97. The third-order valence-electron chi connectivity index (χ3n) is 6.12. The molecule has 158 valence electrons. The van der Waals surface area contributed by atoms with Gasteiger partial charge in [0.25, 0.3) is 5.91 Å². The van der Waals surface area contributed by atoms with Crippen molar-refractivity contribution in [2.75, 3.05) is 5.01 Å². The summed E-state index contributed by atoms with van der Waals surface area (Å²) in [6, 6.07) is 16.0. The van der Waals surface area contributed by atoms with E-state index in [1.165, 1.54) is 25.7 Å². The van der Waals surface area contributed by atoms with Gasteiger partial charge in [0.1, 0.15) is 5.71 Å². The molecule has 2 aliphatic rings. The number of para-hydroxylation sites is 1. The fourth-order valence-corrected chi connectivity index (χ4v) is 4.98. The van der Waals surface area contributed by atoms with E-state index in [0.717, 1.165) is 28.6 Å². The molecule has 6 heteroatoms. The van der Waals surface area contributed by atoms with Crippen LogP contribution in [0.3, 0.4) is 0 Å². The molecule has 2 atom stereocenters. The molecule has 0 saturated heterocycles. The number of halogens is 2. The second kappa shape index (κ2) is 9.52. The van der Waals surface area contributed by atoms with Crippen molar-refractivity contribution in [2.45, 2.75) is 57.5 Å². The first-order chi connectivity index (χ1) is 14.5. The SMILES string of the molecule is C[C@H]1C(C(=O)NC2CCCCCC2)=NN(c2ccccc2Cl)[C@H]1c1ccc(Br)cc1. The highest BCUT2D eigenvalue weighted by atomic mass is 79.9. The van der Waals surface area contributed by atoms with Crippen LogP contribution in [0.2, 0.25) is 5.02 Å². The number of rotatable bonds is 4. The third kappa shape index (κ3) is 4.57. The molecule has 30 heavy (non-hydrogen) atoms. The average Bonchev–Trinajstić information content (AvgIpc) is 2.89. The van der Waals surface area contributed by atoms with E-state index in [2.05, 4.69) is 40.3 Å². The Morgan fingerprint density at radius 3 is 2.40 bits per heavy atom. The number of anilines is 1. The van der Waals surface area contributed by atoms with E-state index in [4.69, 9.17) is 16.7 Å². The van der Waals surface area contributed by atoms with Gasteiger partial charge in [-0.2, -0.15) is 5.10 Å². The van der Waals surface area contributed by atoms with E-state index >= 15 is 0 Å². The van der Waals surface area contributed by atoms with Crippen LogP contribution in [-0.4, -0.2) is 17.7 Å². The number of hydrazone groups is 1. The molecule has 1 saturated carbocycles. The molecule has 1 aliphatic carbocycles. The molecule has 1 fully saturated rings. The van der Waals surface area contributed by atoms with Gasteiger partial charge in [0.15, 0.2) is 0 Å². The van der Waals surface area contributed by atoms with Crippen LogP contribution in [0.25, 0.3) is 0 Å². The van der Waals surface area contributed by atoms with Crippen molar-refractivity contribution in [1.29, 1.82) is 0 Å². The van der Waals surface area contributed by atoms with Gasteiger partial charge in [0, 0.05) is 16.4 Å². The summed E-state index contributed by atoms with van der Waals surface area (Å²) in [5.41, 5.74) is 2.50. The Morgan fingerprint density at radius 1 is 1.07 bits per heavy atom. The Balaban J connectivity index is 1.65. The van der Waals surface area contributed by atoms with Crippen LogP contribution >= 0.6 is 27.5 Å². The molecule has 0 aromatic heterocycles. The van der Waals surface area contributed by atoms with Crippen molar-refractivity contribution >= 4 is 44.8 Å². The fourth-order valence-electron chi connectivity index (χ4n) is 4.50. The number of amides is 1. The minimum Gasteiger partial charge on any atom is -0.348 e. The molecule has 0 radical (unpaired) electrons. The summed E-state index contributed by atoms with van der Waals surface area (Å²) in [4.78, 5) is 13.2. The molecule has 2 aromatic carbocycles.